The van der Waals surface area contributed by atoms with Gasteiger partial charge in [0, 0.05) is 12.4 Å². The van der Waals surface area contributed by atoms with Crippen molar-refractivity contribution in [3.8, 4) is 0 Å². The Bertz CT molecular complexity index is 302. The maximum atomic E-state index is 11.1. The second-order valence-electron chi connectivity index (χ2n) is 2.78. The summed E-state index contributed by atoms with van der Waals surface area (Å²) in [6, 6.07) is 1.84. The first-order valence-corrected chi connectivity index (χ1v) is 4.29. The van der Waals surface area contributed by atoms with Crippen LogP contribution in [-0.2, 0) is 16.0 Å². The van der Waals surface area contributed by atoms with Gasteiger partial charge in [0.15, 0.2) is 0 Å². The molecule has 0 aliphatic heterocycles. The second kappa shape index (κ2) is 6.38. The molecule has 0 N–H and O–H groups in total. The Morgan fingerprint density at radius 1 is 1.57 bits per heavy atom. The second-order valence-corrected chi connectivity index (χ2v) is 2.78. The van der Waals surface area contributed by atoms with Gasteiger partial charge in [0.2, 0.25) is 0 Å². The largest absolute Gasteiger partial charge is 0.466 e. The lowest BCUT2D eigenvalue weighted by Crippen LogP contribution is -2.08. The average molecular weight is 216 g/mol. The molecule has 0 radical (unpaired) electrons. The van der Waals surface area contributed by atoms with Crippen LogP contribution in [0.2, 0.25) is 0 Å². The number of ether oxygens (including phenoxy) is 1. The van der Waals surface area contributed by atoms with Gasteiger partial charge in [-0.15, -0.1) is 12.4 Å². The highest BCUT2D eigenvalue weighted by Gasteiger charge is 2.05. The van der Waals surface area contributed by atoms with E-state index < -0.39 is 0 Å². The molecular weight excluding hydrogens is 202 g/mol. The van der Waals surface area contributed by atoms with Crippen molar-refractivity contribution in [2.24, 2.45) is 0 Å². The van der Waals surface area contributed by atoms with Crippen LogP contribution in [0.5, 0.6) is 0 Å². The first-order chi connectivity index (χ1) is 6.24. The van der Waals surface area contributed by atoms with Crippen LogP contribution in [0, 0.1) is 6.92 Å². The molecule has 1 aromatic heterocycles. The van der Waals surface area contributed by atoms with E-state index in [1.165, 1.54) is 0 Å². The summed E-state index contributed by atoms with van der Waals surface area (Å²) in [6.45, 7) is 4.17. The molecule has 3 nitrogen and oxygen atoms in total. The van der Waals surface area contributed by atoms with E-state index in [4.69, 9.17) is 4.74 Å². The molecule has 1 rings (SSSR count). The monoisotopic (exact) mass is 215 g/mol. The van der Waals surface area contributed by atoms with Crippen molar-refractivity contribution in [2.45, 2.75) is 20.3 Å². The summed E-state index contributed by atoms with van der Waals surface area (Å²) >= 11 is 0. The summed E-state index contributed by atoms with van der Waals surface area (Å²) < 4.78 is 4.84. The number of nitrogens with zero attached hydrogens (tertiary/aromatic N) is 1. The molecule has 0 unspecified atom stereocenters. The molecule has 0 saturated heterocycles. The highest BCUT2D eigenvalue weighted by atomic mass is 35.5. The molecule has 0 bridgehead atoms. The number of halogens is 1. The van der Waals surface area contributed by atoms with Crippen molar-refractivity contribution in [1.29, 1.82) is 0 Å². The van der Waals surface area contributed by atoms with E-state index in [0.717, 1.165) is 11.1 Å². The van der Waals surface area contributed by atoms with Gasteiger partial charge in [-0.3, -0.25) is 9.78 Å². The number of rotatable bonds is 3. The molecule has 0 amide bonds. The van der Waals surface area contributed by atoms with Crippen molar-refractivity contribution in [3.05, 3.63) is 29.6 Å². The normalized spacial score (nSPS) is 9.00. The van der Waals surface area contributed by atoms with Crippen LogP contribution in [0.1, 0.15) is 18.1 Å². The highest BCUT2D eigenvalue weighted by Crippen LogP contribution is 2.06. The van der Waals surface area contributed by atoms with Crippen molar-refractivity contribution in [2.75, 3.05) is 6.61 Å². The first kappa shape index (κ1) is 12.9. The number of hydrogen-bond donors (Lipinski definition) is 0. The molecular formula is C10H14ClNO2. The lowest BCUT2D eigenvalue weighted by Gasteiger charge is -2.03. The summed E-state index contributed by atoms with van der Waals surface area (Å²) in [5.74, 6) is -0.184. The fourth-order valence-electron chi connectivity index (χ4n) is 1.07. The van der Waals surface area contributed by atoms with E-state index in [9.17, 15) is 4.79 Å². The van der Waals surface area contributed by atoms with Gasteiger partial charge in [-0.1, -0.05) is 0 Å². The molecule has 0 aliphatic carbocycles. The van der Waals surface area contributed by atoms with Crippen LogP contribution >= 0.6 is 12.4 Å². The fraction of sp³-hybridized carbons (Fsp3) is 0.400. The third-order valence-electron chi connectivity index (χ3n) is 1.78. The van der Waals surface area contributed by atoms with Crippen molar-refractivity contribution in [3.63, 3.8) is 0 Å². The third kappa shape index (κ3) is 3.75. The molecule has 0 aliphatic rings. The summed E-state index contributed by atoms with van der Waals surface area (Å²) in [5, 5.41) is 0. The Hall–Kier alpha value is -1.09. The van der Waals surface area contributed by atoms with Gasteiger partial charge >= 0.3 is 5.97 Å². The van der Waals surface area contributed by atoms with Crippen LogP contribution in [0.3, 0.4) is 0 Å². The summed E-state index contributed by atoms with van der Waals surface area (Å²) in [6.07, 6.45) is 3.76. The van der Waals surface area contributed by atoms with Crippen LogP contribution in [0.4, 0.5) is 0 Å². The van der Waals surface area contributed by atoms with Gasteiger partial charge < -0.3 is 4.74 Å². The van der Waals surface area contributed by atoms with Crippen LogP contribution in [0.15, 0.2) is 18.5 Å². The first-order valence-electron chi connectivity index (χ1n) is 4.29. The van der Waals surface area contributed by atoms with Gasteiger partial charge in [0.1, 0.15) is 0 Å². The Morgan fingerprint density at radius 2 is 2.29 bits per heavy atom. The quantitative estimate of drug-likeness (QED) is 0.724. The zero-order valence-corrected chi connectivity index (χ0v) is 9.13. The van der Waals surface area contributed by atoms with Gasteiger partial charge in [0.25, 0.3) is 0 Å². The Balaban J connectivity index is 0.00000169. The zero-order valence-electron chi connectivity index (χ0n) is 8.32. The van der Waals surface area contributed by atoms with Crippen molar-refractivity contribution >= 4 is 18.4 Å². The number of carbonyl (C=O) groups is 1. The molecule has 0 spiro atoms. The molecule has 78 valence electrons. The third-order valence-corrected chi connectivity index (χ3v) is 1.78. The number of esters is 1. The maximum absolute atomic E-state index is 11.1. The summed E-state index contributed by atoms with van der Waals surface area (Å²) in [7, 11) is 0. The molecule has 14 heavy (non-hydrogen) atoms. The minimum absolute atomic E-state index is 0. The van der Waals surface area contributed by atoms with Gasteiger partial charge in [-0.2, -0.15) is 0 Å². The van der Waals surface area contributed by atoms with Crippen LogP contribution in [-0.4, -0.2) is 17.6 Å². The lowest BCUT2D eigenvalue weighted by atomic mass is 10.1. The van der Waals surface area contributed by atoms with Gasteiger partial charge in [-0.05, 0) is 31.0 Å². The maximum Gasteiger partial charge on any atom is 0.310 e. The van der Waals surface area contributed by atoms with E-state index in [2.05, 4.69) is 4.98 Å². The minimum Gasteiger partial charge on any atom is -0.466 e. The Labute approximate surface area is 89.9 Å². The zero-order chi connectivity index (χ0) is 9.68. The molecule has 0 fully saturated rings. The highest BCUT2D eigenvalue weighted by molar-refractivity contribution is 5.85. The van der Waals surface area contributed by atoms with E-state index in [1.807, 2.05) is 13.0 Å². The van der Waals surface area contributed by atoms with Crippen LogP contribution in [0.25, 0.3) is 0 Å². The van der Waals surface area contributed by atoms with E-state index >= 15 is 0 Å². The summed E-state index contributed by atoms with van der Waals surface area (Å²) in [4.78, 5) is 15.1. The predicted molar refractivity (Wildman–Crippen MR) is 56.6 cm³/mol. The van der Waals surface area contributed by atoms with E-state index in [-0.39, 0.29) is 18.4 Å². The molecule has 4 heteroatoms. The summed E-state index contributed by atoms with van der Waals surface area (Å²) in [5.41, 5.74) is 2.00. The average Bonchev–Trinajstić information content (AvgIpc) is 2.09. The topological polar surface area (TPSA) is 39.2 Å². The van der Waals surface area contributed by atoms with Crippen molar-refractivity contribution < 1.29 is 9.53 Å². The Morgan fingerprint density at radius 3 is 2.86 bits per heavy atom. The minimum atomic E-state index is -0.184. The number of aryl methyl sites for hydroxylation is 1. The molecule has 0 saturated carbocycles. The fourth-order valence-corrected chi connectivity index (χ4v) is 1.07. The SMILES string of the molecule is CCOC(=O)Cc1ccncc1C.Cl. The number of aromatic nitrogens is 1. The van der Waals surface area contributed by atoms with E-state index in [1.54, 1.807) is 19.3 Å². The van der Waals surface area contributed by atoms with Crippen molar-refractivity contribution in [1.82, 2.24) is 4.98 Å². The molecule has 0 aromatic carbocycles. The number of hydrogen-bond acceptors (Lipinski definition) is 3. The van der Waals surface area contributed by atoms with Gasteiger partial charge in [0.05, 0.1) is 13.0 Å². The smallest absolute Gasteiger partial charge is 0.310 e. The van der Waals surface area contributed by atoms with Gasteiger partial charge in [-0.25, -0.2) is 0 Å². The Kier molecular flexibility index (Phi) is 5.88. The lowest BCUT2D eigenvalue weighted by molar-refractivity contribution is -0.142. The standard InChI is InChI=1S/C10H13NO2.ClH/c1-3-13-10(12)6-9-4-5-11-7-8(9)2;/h4-5,7H,3,6H2,1-2H3;1H. The number of pyridine rings is 1. The molecule has 1 heterocycles. The van der Waals surface area contributed by atoms with E-state index in [0.29, 0.717) is 13.0 Å². The predicted octanol–water partition coefficient (Wildman–Crippen LogP) is 1.92. The molecule has 1 aromatic rings. The van der Waals surface area contributed by atoms with Crippen LogP contribution < -0.4 is 0 Å². The number of carbonyl (C=O) groups excluding carboxylic acids is 1. The molecule has 0 atom stereocenters.